The first-order valence-corrected chi connectivity index (χ1v) is 8.37. The van der Waals surface area contributed by atoms with E-state index in [4.69, 9.17) is 0 Å². The predicted octanol–water partition coefficient (Wildman–Crippen LogP) is 2.90. The standard InChI is InChI=1S/C16H28N2O3/c1-11-7-5-6-9-13(11)17-16(21)18-14-10-4-2-3-8-12(14)15(19)20/h11-14H,2-10H2,1H3,(H,19,20)(H2,17,18,21). The Morgan fingerprint density at radius 1 is 0.857 bits per heavy atom. The number of carbonyl (C=O) groups excluding carboxylic acids is 1. The minimum absolute atomic E-state index is 0.188. The summed E-state index contributed by atoms with van der Waals surface area (Å²) in [6.07, 6.45) is 9.02. The van der Waals surface area contributed by atoms with Gasteiger partial charge in [-0.15, -0.1) is 0 Å². The van der Waals surface area contributed by atoms with E-state index in [2.05, 4.69) is 17.6 Å². The highest BCUT2D eigenvalue weighted by Crippen LogP contribution is 2.25. The molecule has 2 rings (SSSR count). The fraction of sp³-hybridized carbons (Fsp3) is 0.875. The first-order valence-electron chi connectivity index (χ1n) is 8.37. The highest BCUT2D eigenvalue weighted by Gasteiger charge is 2.31. The van der Waals surface area contributed by atoms with E-state index in [0.717, 1.165) is 44.9 Å². The molecule has 120 valence electrons. The molecule has 2 saturated carbocycles. The summed E-state index contributed by atoms with van der Waals surface area (Å²) in [5, 5.41) is 15.3. The average Bonchev–Trinajstić information content (AvgIpc) is 2.67. The van der Waals surface area contributed by atoms with E-state index in [0.29, 0.717) is 12.3 Å². The van der Waals surface area contributed by atoms with Crippen LogP contribution < -0.4 is 10.6 Å². The van der Waals surface area contributed by atoms with Gasteiger partial charge in [-0.2, -0.15) is 0 Å². The summed E-state index contributed by atoms with van der Waals surface area (Å²) in [6.45, 7) is 2.18. The molecule has 2 aliphatic rings. The molecule has 4 atom stereocenters. The lowest BCUT2D eigenvalue weighted by Gasteiger charge is -2.31. The molecule has 0 aromatic rings. The van der Waals surface area contributed by atoms with E-state index in [1.165, 1.54) is 6.42 Å². The molecule has 2 amide bonds. The number of carboxylic acids is 1. The van der Waals surface area contributed by atoms with Crippen LogP contribution in [0.5, 0.6) is 0 Å². The van der Waals surface area contributed by atoms with Gasteiger partial charge in [0.2, 0.25) is 0 Å². The molecule has 0 aliphatic heterocycles. The first-order chi connectivity index (χ1) is 10.1. The molecule has 0 radical (unpaired) electrons. The number of urea groups is 1. The Labute approximate surface area is 126 Å². The van der Waals surface area contributed by atoms with Crippen molar-refractivity contribution >= 4 is 12.0 Å². The Hall–Kier alpha value is -1.26. The van der Waals surface area contributed by atoms with Gasteiger partial charge in [0.1, 0.15) is 0 Å². The molecule has 2 fully saturated rings. The molecule has 2 aliphatic carbocycles. The molecule has 21 heavy (non-hydrogen) atoms. The summed E-state index contributed by atoms with van der Waals surface area (Å²) in [4.78, 5) is 23.6. The predicted molar refractivity (Wildman–Crippen MR) is 81.1 cm³/mol. The van der Waals surface area contributed by atoms with Gasteiger partial charge in [-0.05, 0) is 31.6 Å². The van der Waals surface area contributed by atoms with Gasteiger partial charge in [0.05, 0.1) is 5.92 Å². The van der Waals surface area contributed by atoms with Gasteiger partial charge < -0.3 is 15.7 Å². The summed E-state index contributed by atoms with van der Waals surface area (Å²) in [5.41, 5.74) is 0. The average molecular weight is 296 g/mol. The van der Waals surface area contributed by atoms with Crippen molar-refractivity contribution in [2.75, 3.05) is 0 Å². The molecule has 4 unspecified atom stereocenters. The van der Waals surface area contributed by atoms with E-state index < -0.39 is 11.9 Å². The zero-order valence-electron chi connectivity index (χ0n) is 12.9. The number of hydrogen-bond donors (Lipinski definition) is 3. The van der Waals surface area contributed by atoms with Crippen molar-refractivity contribution in [3.8, 4) is 0 Å². The quantitative estimate of drug-likeness (QED) is 0.701. The molecular formula is C16H28N2O3. The van der Waals surface area contributed by atoms with Gasteiger partial charge in [0.25, 0.3) is 0 Å². The fourth-order valence-corrected chi connectivity index (χ4v) is 3.69. The highest BCUT2D eigenvalue weighted by atomic mass is 16.4. The second-order valence-corrected chi connectivity index (χ2v) is 6.68. The van der Waals surface area contributed by atoms with E-state index >= 15 is 0 Å². The zero-order valence-corrected chi connectivity index (χ0v) is 12.9. The molecule has 0 heterocycles. The Balaban J connectivity index is 1.88. The van der Waals surface area contributed by atoms with Gasteiger partial charge in [0.15, 0.2) is 0 Å². The van der Waals surface area contributed by atoms with Gasteiger partial charge in [-0.25, -0.2) is 4.79 Å². The largest absolute Gasteiger partial charge is 0.481 e. The van der Waals surface area contributed by atoms with Crippen LogP contribution in [0.3, 0.4) is 0 Å². The number of rotatable bonds is 3. The number of amides is 2. The number of aliphatic carboxylic acids is 1. The van der Waals surface area contributed by atoms with E-state index in [9.17, 15) is 14.7 Å². The maximum atomic E-state index is 12.2. The normalized spacial score (nSPS) is 33.8. The van der Waals surface area contributed by atoms with E-state index in [-0.39, 0.29) is 18.1 Å². The number of carboxylic acid groups (broad SMARTS) is 1. The number of carbonyl (C=O) groups is 2. The lowest BCUT2D eigenvalue weighted by Crippen LogP contribution is -2.51. The second-order valence-electron chi connectivity index (χ2n) is 6.68. The van der Waals surface area contributed by atoms with Crippen LogP contribution in [0.4, 0.5) is 4.79 Å². The third-order valence-electron chi connectivity index (χ3n) is 5.08. The zero-order chi connectivity index (χ0) is 15.2. The minimum atomic E-state index is -0.784. The topological polar surface area (TPSA) is 78.4 Å². The summed E-state index contributed by atoms with van der Waals surface area (Å²) >= 11 is 0. The van der Waals surface area contributed by atoms with Gasteiger partial charge >= 0.3 is 12.0 Å². The van der Waals surface area contributed by atoms with Crippen LogP contribution in [-0.4, -0.2) is 29.2 Å². The van der Waals surface area contributed by atoms with Crippen molar-refractivity contribution in [2.45, 2.75) is 76.8 Å². The van der Waals surface area contributed by atoms with Crippen LogP contribution in [0, 0.1) is 11.8 Å². The smallest absolute Gasteiger partial charge is 0.315 e. The lowest BCUT2D eigenvalue weighted by atomic mass is 9.86. The third kappa shape index (κ3) is 4.61. The molecule has 0 aromatic heterocycles. The van der Waals surface area contributed by atoms with Crippen molar-refractivity contribution in [1.82, 2.24) is 10.6 Å². The Morgan fingerprint density at radius 2 is 1.43 bits per heavy atom. The summed E-state index contributed by atoms with van der Waals surface area (Å²) < 4.78 is 0. The third-order valence-corrected chi connectivity index (χ3v) is 5.08. The van der Waals surface area contributed by atoms with Crippen LogP contribution in [0.15, 0.2) is 0 Å². The minimum Gasteiger partial charge on any atom is -0.481 e. The molecule has 0 saturated heterocycles. The maximum Gasteiger partial charge on any atom is 0.315 e. The Bertz CT molecular complexity index is 373. The van der Waals surface area contributed by atoms with Gasteiger partial charge in [0, 0.05) is 12.1 Å². The Morgan fingerprint density at radius 3 is 2.14 bits per heavy atom. The van der Waals surface area contributed by atoms with Crippen molar-refractivity contribution in [3.63, 3.8) is 0 Å². The summed E-state index contributed by atoms with van der Waals surface area (Å²) in [7, 11) is 0. The maximum absolute atomic E-state index is 12.2. The summed E-state index contributed by atoms with van der Waals surface area (Å²) in [5.74, 6) is -0.718. The van der Waals surface area contributed by atoms with Crippen LogP contribution in [0.1, 0.15) is 64.7 Å². The molecule has 0 aromatic carbocycles. The molecule has 3 N–H and O–H groups in total. The first kappa shape index (κ1) is 16.1. The molecule has 0 bridgehead atoms. The van der Waals surface area contributed by atoms with Crippen LogP contribution in [-0.2, 0) is 4.79 Å². The lowest BCUT2D eigenvalue weighted by molar-refractivity contribution is -0.142. The van der Waals surface area contributed by atoms with Crippen molar-refractivity contribution in [1.29, 1.82) is 0 Å². The summed E-state index contributed by atoms with van der Waals surface area (Å²) in [6, 6.07) is -0.191. The molecule has 0 spiro atoms. The fourth-order valence-electron chi connectivity index (χ4n) is 3.69. The van der Waals surface area contributed by atoms with Crippen molar-refractivity contribution in [3.05, 3.63) is 0 Å². The molecule has 5 heteroatoms. The van der Waals surface area contributed by atoms with Crippen LogP contribution >= 0.6 is 0 Å². The van der Waals surface area contributed by atoms with Gasteiger partial charge in [-0.3, -0.25) is 4.79 Å². The monoisotopic (exact) mass is 296 g/mol. The SMILES string of the molecule is CC1CCCCC1NC(=O)NC1CCCCCC1C(=O)O. The van der Waals surface area contributed by atoms with Crippen molar-refractivity contribution in [2.24, 2.45) is 11.8 Å². The second kappa shape index (κ2) is 7.66. The van der Waals surface area contributed by atoms with Crippen LogP contribution in [0.25, 0.3) is 0 Å². The molecular weight excluding hydrogens is 268 g/mol. The van der Waals surface area contributed by atoms with E-state index in [1.807, 2.05) is 0 Å². The molecule has 5 nitrogen and oxygen atoms in total. The van der Waals surface area contributed by atoms with Crippen LogP contribution in [0.2, 0.25) is 0 Å². The number of hydrogen-bond acceptors (Lipinski definition) is 2. The van der Waals surface area contributed by atoms with Gasteiger partial charge in [-0.1, -0.05) is 39.0 Å². The number of nitrogens with one attached hydrogen (secondary N) is 2. The van der Waals surface area contributed by atoms with E-state index in [1.54, 1.807) is 0 Å². The highest BCUT2D eigenvalue weighted by molar-refractivity contribution is 5.77. The van der Waals surface area contributed by atoms with Crippen molar-refractivity contribution < 1.29 is 14.7 Å². The Kier molecular flexibility index (Phi) is 5.88.